The highest BCUT2D eigenvalue weighted by Crippen LogP contribution is 2.19. The zero-order valence-electron chi connectivity index (χ0n) is 14.1. The van der Waals surface area contributed by atoms with E-state index in [9.17, 15) is 13.6 Å². The highest BCUT2D eigenvalue weighted by Gasteiger charge is 2.24. The van der Waals surface area contributed by atoms with Gasteiger partial charge in [-0.25, -0.2) is 13.6 Å². The minimum absolute atomic E-state index is 0.0297. The van der Waals surface area contributed by atoms with Crippen LogP contribution in [0.25, 0.3) is 0 Å². The molecule has 2 aromatic rings. The molecule has 1 saturated heterocycles. The van der Waals surface area contributed by atoms with Crippen molar-refractivity contribution in [3.05, 3.63) is 64.7 Å². The van der Waals surface area contributed by atoms with Crippen LogP contribution in [0.1, 0.15) is 18.4 Å². The molecular weight excluding hydrogens is 362 g/mol. The lowest BCUT2D eigenvalue weighted by atomic mass is 10.1. The molecule has 1 heterocycles. The van der Waals surface area contributed by atoms with Crippen LogP contribution in [0.5, 0.6) is 0 Å². The first-order valence-corrected chi connectivity index (χ1v) is 8.76. The molecule has 1 atom stereocenters. The number of amides is 2. The van der Waals surface area contributed by atoms with Crippen molar-refractivity contribution in [2.24, 2.45) is 0 Å². The van der Waals surface area contributed by atoms with E-state index in [2.05, 4.69) is 5.32 Å². The zero-order valence-corrected chi connectivity index (χ0v) is 14.8. The molecule has 0 spiro atoms. The van der Waals surface area contributed by atoms with Gasteiger partial charge in [-0.1, -0.05) is 17.7 Å². The number of carbonyl (C=O) groups is 1. The molecule has 1 N–H and O–H groups in total. The quantitative estimate of drug-likeness (QED) is 0.825. The van der Waals surface area contributed by atoms with Crippen LogP contribution < -0.4 is 5.32 Å². The number of nitrogens with one attached hydrogen (secondary N) is 1. The number of carbonyl (C=O) groups excluding carboxylic acids is 1. The summed E-state index contributed by atoms with van der Waals surface area (Å²) in [5.74, 6) is -1.01. The summed E-state index contributed by atoms with van der Waals surface area (Å²) in [7, 11) is 0. The highest BCUT2D eigenvalue weighted by molar-refractivity contribution is 6.30. The van der Waals surface area contributed by atoms with E-state index in [0.717, 1.165) is 31.0 Å². The van der Waals surface area contributed by atoms with Crippen molar-refractivity contribution >= 4 is 23.3 Å². The second-order valence-electron chi connectivity index (χ2n) is 6.20. The van der Waals surface area contributed by atoms with E-state index in [4.69, 9.17) is 16.3 Å². The van der Waals surface area contributed by atoms with Crippen molar-refractivity contribution in [1.82, 2.24) is 4.90 Å². The van der Waals surface area contributed by atoms with Crippen molar-refractivity contribution in [2.45, 2.75) is 25.6 Å². The number of hydrogen-bond acceptors (Lipinski definition) is 2. The number of hydrogen-bond donors (Lipinski definition) is 1. The lowest BCUT2D eigenvalue weighted by molar-refractivity contribution is -0.000137. The van der Waals surface area contributed by atoms with Crippen LogP contribution in [0.15, 0.2) is 42.5 Å². The second-order valence-corrected chi connectivity index (χ2v) is 6.63. The summed E-state index contributed by atoms with van der Waals surface area (Å²) in [5.41, 5.74) is 0.790. The van der Waals surface area contributed by atoms with E-state index in [1.807, 2.05) is 0 Å². The van der Waals surface area contributed by atoms with Gasteiger partial charge in [-0.05, 0) is 49.2 Å². The van der Waals surface area contributed by atoms with Gasteiger partial charge in [0.05, 0.1) is 12.7 Å². The maximum absolute atomic E-state index is 13.7. The van der Waals surface area contributed by atoms with Crippen molar-refractivity contribution in [2.75, 3.05) is 18.4 Å². The van der Waals surface area contributed by atoms with Gasteiger partial charge in [0.25, 0.3) is 0 Å². The topological polar surface area (TPSA) is 41.6 Å². The summed E-state index contributed by atoms with van der Waals surface area (Å²) in [5, 5.41) is 3.34. The number of halogens is 3. The molecule has 3 rings (SSSR count). The van der Waals surface area contributed by atoms with E-state index in [1.54, 1.807) is 29.2 Å². The Morgan fingerprint density at radius 2 is 2.12 bits per heavy atom. The third-order valence-electron chi connectivity index (χ3n) is 4.22. The van der Waals surface area contributed by atoms with Gasteiger partial charge in [0, 0.05) is 29.4 Å². The van der Waals surface area contributed by atoms with Crippen LogP contribution >= 0.6 is 11.6 Å². The molecule has 4 nitrogen and oxygen atoms in total. The Kier molecular flexibility index (Phi) is 6.06. The number of rotatable bonds is 4. The fourth-order valence-electron chi connectivity index (χ4n) is 2.89. The molecule has 0 bridgehead atoms. The molecule has 1 aliphatic rings. The predicted octanol–water partition coefficient (Wildman–Crippen LogP) is 4.83. The van der Waals surface area contributed by atoms with Crippen molar-refractivity contribution in [3.8, 4) is 0 Å². The van der Waals surface area contributed by atoms with Gasteiger partial charge in [-0.15, -0.1) is 0 Å². The second kappa shape index (κ2) is 8.47. The van der Waals surface area contributed by atoms with Gasteiger partial charge in [0.2, 0.25) is 0 Å². The average molecular weight is 381 g/mol. The highest BCUT2D eigenvalue weighted by atomic mass is 35.5. The van der Waals surface area contributed by atoms with E-state index >= 15 is 0 Å². The van der Waals surface area contributed by atoms with Gasteiger partial charge >= 0.3 is 6.03 Å². The fraction of sp³-hybridized carbons (Fsp3) is 0.316. The van der Waals surface area contributed by atoms with Crippen molar-refractivity contribution < 1.29 is 18.3 Å². The van der Waals surface area contributed by atoms with E-state index < -0.39 is 11.6 Å². The Bertz CT molecular complexity index is 788. The SMILES string of the molecule is O=C(Nc1cccc(Cl)c1)N1CCC[C@@H](OCc2cc(F)ccc2F)C1. The number of ether oxygens (including phenoxy) is 1. The lowest BCUT2D eigenvalue weighted by Crippen LogP contribution is -2.45. The van der Waals surface area contributed by atoms with Crippen LogP contribution in [0.4, 0.5) is 19.3 Å². The first kappa shape index (κ1) is 18.6. The minimum atomic E-state index is -0.504. The number of nitrogens with zero attached hydrogens (tertiary/aromatic N) is 1. The number of piperidine rings is 1. The zero-order chi connectivity index (χ0) is 18.5. The third kappa shape index (κ3) is 4.93. The molecule has 0 saturated carbocycles. The van der Waals surface area contributed by atoms with Crippen molar-refractivity contribution in [3.63, 3.8) is 0 Å². The molecule has 1 fully saturated rings. The minimum Gasteiger partial charge on any atom is -0.372 e. The molecular formula is C19H19ClF2N2O2. The van der Waals surface area contributed by atoms with Crippen LogP contribution in [0, 0.1) is 11.6 Å². The third-order valence-corrected chi connectivity index (χ3v) is 4.46. The molecule has 138 valence electrons. The molecule has 2 aromatic carbocycles. The van der Waals surface area contributed by atoms with Crippen LogP contribution in [0.2, 0.25) is 5.02 Å². The molecule has 1 aliphatic heterocycles. The van der Waals surface area contributed by atoms with Crippen LogP contribution in [-0.4, -0.2) is 30.1 Å². The average Bonchev–Trinajstić information content (AvgIpc) is 2.63. The summed E-state index contributed by atoms with van der Waals surface area (Å²) in [4.78, 5) is 14.1. The number of benzene rings is 2. The Morgan fingerprint density at radius 3 is 2.92 bits per heavy atom. The number of urea groups is 1. The van der Waals surface area contributed by atoms with E-state index in [-0.39, 0.29) is 24.3 Å². The van der Waals surface area contributed by atoms with Crippen LogP contribution in [0.3, 0.4) is 0 Å². The maximum Gasteiger partial charge on any atom is 0.321 e. The summed E-state index contributed by atoms with van der Waals surface area (Å²) in [6, 6.07) is 9.96. The fourth-order valence-corrected chi connectivity index (χ4v) is 3.08. The summed E-state index contributed by atoms with van der Waals surface area (Å²) in [6.07, 6.45) is 1.31. The summed E-state index contributed by atoms with van der Waals surface area (Å²) >= 11 is 5.92. The number of anilines is 1. The van der Waals surface area contributed by atoms with Gasteiger partial charge in [-0.2, -0.15) is 0 Å². The van der Waals surface area contributed by atoms with E-state index in [0.29, 0.717) is 23.8 Å². The summed E-state index contributed by atoms with van der Waals surface area (Å²) in [6.45, 7) is 0.974. The maximum atomic E-state index is 13.7. The van der Waals surface area contributed by atoms with E-state index in [1.165, 1.54) is 0 Å². The molecule has 0 radical (unpaired) electrons. The van der Waals surface area contributed by atoms with Gasteiger partial charge in [0.15, 0.2) is 0 Å². The Morgan fingerprint density at radius 1 is 1.27 bits per heavy atom. The standard InChI is InChI=1S/C19H19ClF2N2O2/c20-14-3-1-4-16(10-14)23-19(25)24-8-2-5-17(11-24)26-12-13-9-15(21)6-7-18(13)22/h1,3-4,6-7,9-10,17H,2,5,8,11-12H2,(H,23,25)/t17-/m1/s1. The molecule has 0 aromatic heterocycles. The molecule has 2 amide bonds. The molecule has 0 aliphatic carbocycles. The van der Waals surface area contributed by atoms with Gasteiger partial charge < -0.3 is 15.0 Å². The van der Waals surface area contributed by atoms with Crippen molar-refractivity contribution in [1.29, 1.82) is 0 Å². The first-order valence-electron chi connectivity index (χ1n) is 8.38. The molecule has 26 heavy (non-hydrogen) atoms. The Balaban J connectivity index is 1.55. The van der Waals surface area contributed by atoms with Crippen LogP contribution in [-0.2, 0) is 11.3 Å². The largest absolute Gasteiger partial charge is 0.372 e. The Labute approximate surface area is 155 Å². The molecule has 7 heteroatoms. The van der Waals surface area contributed by atoms with Gasteiger partial charge in [-0.3, -0.25) is 0 Å². The monoisotopic (exact) mass is 380 g/mol. The first-order chi connectivity index (χ1) is 12.5. The smallest absolute Gasteiger partial charge is 0.321 e. The number of likely N-dealkylation sites (tertiary alicyclic amines) is 1. The predicted molar refractivity (Wildman–Crippen MR) is 96.2 cm³/mol. The molecule has 0 unspecified atom stereocenters. The summed E-state index contributed by atoms with van der Waals surface area (Å²) < 4.78 is 32.6. The normalized spacial score (nSPS) is 17.2. The Hall–Kier alpha value is -2.18. The lowest BCUT2D eigenvalue weighted by Gasteiger charge is -2.32. The van der Waals surface area contributed by atoms with Gasteiger partial charge in [0.1, 0.15) is 11.6 Å².